The average Bonchev–Trinajstić information content (AvgIpc) is 2.58. The number of rotatable bonds is 5. The van der Waals surface area contributed by atoms with E-state index in [0.29, 0.717) is 19.6 Å². The van der Waals surface area contributed by atoms with Crippen LogP contribution in [0.2, 0.25) is 0 Å². The molecule has 2 saturated heterocycles. The minimum Gasteiger partial charge on any atom is -0.392 e. The summed E-state index contributed by atoms with van der Waals surface area (Å²) in [5.41, 5.74) is 0. The summed E-state index contributed by atoms with van der Waals surface area (Å²) in [6.45, 7) is 4.71. The second-order valence-corrected chi connectivity index (χ2v) is 7.18. The molecule has 2 rings (SSSR count). The molecule has 3 amide bonds. The van der Waals surface area contributed by atoms with Crippen LogP contribution in [-0.4, -0.2) is 91.2 Å². The molecular formula is C17H32N4O3. The van der Waals surface area contributed by atoms with Gasteiger partial charge in [0.15, 0.2) is 0 Å². The van der Waals surface area contributed by atoms with Crippen molar-refractivity contribution in [2.75, 3.05) is 53.4 Å². The Hall–Kier alpha value is -1.34. The normalized spacial score (nSPS) is 23.1. The number of hydrogen-bond donors (Lipinski definition) is 2. The molecule has 2 fully saturated rings. The summed E-state index contributed by atoms with van der Waals surface area (Å²) in [5, 5.41) is 12.7. The number of carbonyl (C=O) groups is 2. The first-order valence-corrected chi connectivity index (χ1v) is 9.11. The van der Waals surface area contributed by atoms with Gasteiger partial charge in [-0.1, -0.05) is 0 Å². The van der Waals surface area contributed by atoms with E-state index in [-0.39, 0.29) is 24.0 Å². The number of nitrogens with one attached hydrogen (secondary N) is 1. The molecule has 0 aromatic rings. The lowest BCUT2D eigenvalue weighted by Gasteiger charge is -2.33. The molecule has 0 bridgehead atoms. The summed E-state index contributed by atoms with van der Waals surface area (Å²) in [5.74, 6) is 0.138. The molecule has 7 heteroatoms. The molecule has 24 heavy (non-hydrogen) atoms. The molecule has 0 aliphatic carbocycles. The van der Waals surface area contributed by atoms with E-state index in [0.717, 1.165) is 51.7 Å². The van der Waals surface area contributed by atoms with Crippen molar-refractivity contribution in [3.05, 3.63) is 0 Å². The van der Waals surface area contributed by atoms with E-state index in [1.807, 2.05) is 4.90 Å². The van der Waals surface area contributed by atoms with Crippen LogP contribution in [0.25, 0.3) is 0 Å². The average molecular weight is 340 g/mol. The first kappa shape index (κ1) is 19.0. The Balaban J connectivity index is 1.59. The summed E-state index contributed by atoms with van der Waals surface area (Å²) < 4.78 is 0. The van der Waals surface area contributed by atoms with Crippen molar-refractivity contribution in [1.29, 1.82) is 0 Å². The van der Waals surface area contributed by atoms with Gasteiger partial charge in [0.25, 0.3) is 0 Å². The Morgan fingerprint density at radius 1 is 1.17 bits per heavy atom. The van der Waals surface area contributed by atoms with Gasteiger partial charge in [0.05, 0.1) is 6.10 Å². The Labute approximate surface area is 145 Å². The van der Waals surface area contributed by atoms with Gasteiger partial charge in [-0.15, -0.1) is 0 Å². The fourth-order valence-electron chi connectivity index (χ4n) is 3.51. The number of carbonyl (C=O) groups excluding carboxylic acids is 2. The highest BCUT2D eigenvalue weighted by Crippen LogP contribution is 2.18. The largest absolute Gasteiger partial charge is 0.392 e. The molecule has 2 aliphatic heterocycles. The van der Waals surface area contributed by atoms with Gasteiger partial charge in [0.1, 0.15) is 0 Å². The number of aliphatic hydroxyl groups excluding tert-OH is 1. The number of β-amino-alcohol motifs (C(OH)–C–C–N with tert-alkyl or cyclic N) is 1. The third-order valence-electron chi connectivity index (χ3n) is 4.95. The van der Waals surface area contributed by atoms with E-state index in [9.17, 15) is 14.7 Å². The van der Waals surface area contributed by atoms with Crippen molar-refractivity contribution >= 4 is 11.9 Å². The van der Waals surface area contributed by atoms with Crippen molar-refractivity contribution in [2.24, 2.45) is 5.92 Å². The lowest BCUT2D eigenvalue weighted by atomic mass is 9.96. The maximum absolute atomic E-state index is 12.2. The van der Waals surface area contributed by atoms with E-state index in [1.165, 1.54) is 0 Å². The smallest absolute Gasteiger partial charge is 0.319 e. The lowest BCUT2D eigenvalue weighted by Crippen LogP contribution is -2.46. The maximum Gasteiger partial charge on any atom is 0.319 e. The third-order valence-corrected chi connectivity index (χ3v) is 4.95. The zero-order valence-electron chi connectivity index (χ0n) is 15.0. The van der Waals surface area contributed by atoms with Gasteiger partial charge in [0, 0.05) is 46.2 Å². The number of nitrogens with zero attached hydrogens (tertiary/aromatic N) is 3. The van der Waals surface area contributed by atoms with E-state index >= 15 is 0 Å². The summed E-state index contributed by atoms with van der Waals surface area (Å²) >= 11 is 0. The number of urea groups is 1. The van der Waals surface area contributed by atoms with Gasteiger partial charge in [-0.2, -0.15) is 0 Å². The molecule has 2 heterocycles. The van der Waals surface area contributed by atoms with Crippen LogP contribution in [-0.2, 0) is 4.79 Å². The van der Waals surface area contributed by atoms with Crippen LogP contribution in [0.1, 0.15) is 32.1 Å². The second-order valence-electron chi connectivity index (χ2n) is 7.18. The fourth-order valence-corrected chi connectivity index (χ4v) is 3.51. The summed E-state index contributed by atoms with van der Waals surface area (Å²) in [4.78, 5) is 29.8. The second kappa shape index (κ2) is 9.22. The van der Waals surface area contributed by atoms with Crippen LogP contribution in [0.4, 0.5) is 4.79 Å². The van der Waals surface area contributed by atoms with Crippen LogP contribution in [0, 0.1) is 5.92 Å². The fraction of sp³-hybridized carbons (Fsp3) is 0.882. The molecule has 0 saturated carbocycles. The minimum atomic E-state index is -0.191. The molecule has 0 radical (unpaired) electrons. The molecule has 2 N–H and O–H groups in total. The zero-order valence-corrected chi connectivity index (χ0v) is 15.0. The quantitative estimate of drug-likeness (QED) is 0.708. The molecule has 0 aromatic heterocycles. The molecule has 0 unspecified atom stereocenters. The van der Waals surface area contributed by atoms with Gasteiger partial charge in [-0.3, -0.25) is 4.79 Å². The number of aliphatic hydroxyl groups is 1. The third kappa shape index (κ3) is 5.63. The van der Waals surface area contributed by atoms with Crippen LogP contribution in [0.15, 0.2) is 0 Å². The Kier molecular flexibility index (Phi) is 7.30. The van der Waals surface area contributed by atoms with E-state index in [2.05, 4.69) is 10.2 Å². The lowest BCUT2D eigenvalue weighted by molar-refractivity contribution is -0.126. The molecular weight excluding hydrogens is 308 g/mol. The van der Waals surface area contributed by atoms with Gasteiger partial charge in [-0.05, 0) is 45.2 Å². The van der Waals surface area contributed by atoms with Gasteiger partial charge in [-0.25, -0.2) is 4.79 Å². The first-order valence-electron chi connectivity index (χ1n) is 9.11. The zero-order chi connectivity index (χ0) is 17.5. The molecule has 7 nitrogen and oxygen atoms in total. The standard InChI is InChI=1S/C17H32N4O3/c1-19(2)17(24)21-11-6-14(7-12-21)16(23)18-8-4-10-20-9-3-5-15(22)13-20/h14-15,22H,3-13H2,1-2H3,(H,18,23)/t15-/m0/s1. The molecule has 1 atom stereocenters. The van der Waals surface area contributed by atoms with Crippen LogP contribution in [0.3, 0.4) is 0 Å². The van der Waals surface area contributed by atoms with Crippen LogP contribution < -0.4 is 5.32 Å². The number of likely N-dealkylation sites (tertiary alicyclic amines) is 2. The van der Waals surface area contributed by atoms with E-state index in [4.69, 9.17) is 0 Å². The number of piperidine rings is 2. The maximum atomic E-state index is 12.2. The molecule has 2 aliphatic rings. The van der Waals surface area contributed by atoms with Gasteiger partial charge in [0.2, 0.25) is 5.91 Å². The summed E-state index contributed by atoms with van der Waals surface area (Å²) in [7, 11) is 3.50. The van der Waals surface area contributed by atoms with Crippen molar-refractivity contribution in [2.45, 2.75) is 38.2 Å². The summed E-state index contributed by atoms with van der Waals surface area (Å²) in [6, 6.07) is 0.0255. The topological polar surface area (TPSA) is 76.1 Å². The van der Waals surface area contributed by atoms with Gasteiger partial charge < -0.3 is 25.1 Å². The Morgan fingerprint density at radius 2 is 1.88 bits per heavy atom. The predicted molar refractivity (Wildman–Crippen MR) is 92.7 cm³/mol. The minimum absolute atomic E-state index is 0.0213. The monoisotopic (exact) mass is 340 g/mol. The van der Waals surface area contributed by atoms with Gasteiger partial charge >= 0.3 is 6.03 Å². The number of amides is 3. The number of hydrogen-bond acceptors (Lipinski definition) is 4. The highest BCUT2D eigenvalue weighted by Gasteiger charge is 2.27. The first-order chi connectivity index (χ1) is 11.5. The molecule has 138 valence electrons. The van der Waals surface area contributed by atoms with Crippen molar-refractivity contribution in [3.8, 4) is 0 Å². The van der Waals surface area contributed by atoms with Crippen LogP contribution in [0.5, 0.6) is 0 Å². The summed E-state index contributed by atoms with van der Waals surface area (Å²) in [6.07, 6.45) is 4.16. The van der Waals surface area contributed by atoms with E-state index < -0.39 is 0 Å². The molecule has 0 spiro atoms. The predicted octanol–water partition coefficient (Wildman–Crippen LogP) is 0.343. The molecule has 0 aromatic carbocycles. The Morgan fingerprint density at radius 3 is 2.50 bits per heavy atom. The van der Waals surface area contributed by atoms with E-state index in [1.54, 1.807) is 19.0 Å². The SMILES string of the molecule is CN(C)C(=O)N1CCC(C(=O)NCCCN2CCC[C@H](O)C2)CC1. The van der Waals surface area contributed by atoms with Crippen molar-refractivity contribution < 1.29 is 14.7 Å². The van der Waals surface area contributed by atoms with Crippen molar-refractivity contribution in [1.82, 2.24) is 20.0 Å². The van der Waals surface area contributed by atoms with Crippen molar-refractivity contribution in [3.63, 3.8) is 0 Å². The highest BCUT2D eigenvalue weighted by molar-refractivity contribution is 5.79. The van der Waals surface area contributed by atoms with Crippen LogP contribution >= 0.6 is 0 Å². The highest BCUT2D eigenvalue weighted by atomic mass is 16.3. The Bertz CT molecular complexity index is 422.